The maximum absolute atomic E-state index is 11.7. The van der Waals surface area contributed by atoms with Gasteiger partial charge < -0.3 is 9.47 Å². The molecule has 0 saturated carbocycles. The number of ketones is 1. The molecule has 0 spiro atoms. The number of carbonyl (C=O) groups is 1. The van der Waals surface area contributed by atoms with Gasteiger partial charge in [-0.15, -0.1) is 0 Å². The van der Waals surface area contributed by atoms with Gasteiger partial charge in [-0.3, -0.25) is 9.48 Å². The molecule has 0 aliphatic heterocycles. The fourth-order valence-corrected chi connectivity index (χ4v) is 1.23. The highest BCUT2D eigenvalue weighted by Crippen LogP contribution is 2.06. The van der Waals surface area contributed by atoms with E-state index in [9.17, 15) is 4.79 Å². The zero-order chi connectivity index (χ0) is 10.6. The number of hydrogen-bond acceptors (Lipinski definition) is 4. The van der Waals surface area contributed by atoms with E-state index in [1.54, 1.807) is 16.9 Å². The average Bonchev–Trinajstić information content (AvgIpc) is 2.67. The molecule has 0 N–H and O–H groups in total. The van der Waals surface area contributed by atoms with Crippen LogP contribution in [0.25, 0.3) is 0 Å². The van der Waals surface area contributed by atoms with Crippen molar-refractivity contribution in [1.82, 2.24) is 9.78 Å². The summed E-state index contributed by atoms with van der Waals surface area (Å²) in [7, 11) is 2.86. The van der Waals surface area contributed by atoms with Crippen LogP contribution in [0.1, 0.15) is 17.4 Å². The molecule has 0 amide bonds. The van der Waals surface area contributed by atoms with Crippen LogP contribution in [-0.4, -0.2) is 36.1 Å². The predicted molar refractivity (Wildman–Crippen MR) is 50.0 cm³/mol. The van der Waals surface area contributed by atoms with Crippen LogP contribution in [0.15, 0.2) is 12.3 Å². The molecular formula is C9H14N2O3. The Hall–Kier alpha value is -1.20. The van der Waals surface area contributed by atoms with E-state index in [-0.39, 0.29) is 5.78 Å². The van der Waals surface area contributed by atoms with Crippen LogP contribution in [0.5, 0.6) is 0 Å². The summed E-state index contributed by atoms with van der Waals surface area (Å²) >= 11 is 0. The van der Waals surface area contributed by atoms with Crippen LogP contribution in [0.3, 0.4) is 0 Å². The Balaban J connectivity index is 2.87. The van der Waals surface area contributed by atoms with Crippen molar-refractivity contribution in [2.24, 2.45) is 0 Å². The SMILES string of the molecule is CCn1nccc1C(=O)C(OC)OC. The van der Waals surface area contributed by atoms with Crippen LogP contribution in [-0.2, 0) is 16.0 Å². The van der Waals surface area contributed by atoms with Crippen LogP contribution < -0.4 is 0 Å². The van der Waals surface area contributed by atoms with Crippen molar-refractivity contribution in [3.63, 3.8) is 0 Å². The second-order valence-corrected chi connectivity index (χ2v) is 2.70. The summed E-state index contributed by atoms with van der Waals surface area (Å²) in [5.74, 6) is -0.214. The summed E-state index contributed by atoms with van der Waals surface area (Å²) in [4.78, 5) is 11.7. The van der Waals surface area contributed by atoms with E-state index in [4.69, 9.17) is 9.47 Å². The van der Waals surface area contributed by atoms with Gasteiger partial charge in [0.25, 0.3) is 0 Å². The molecule has 1 aromatic heterocycles. The molecule has 1 heterocycles. The quantitative estimate of drug-likeness (QED) is 0.516. The first-order valence-electron chi connectivity index (χ1n) is 4.36. The van der Waals surface area contributed by atoms with E-state index in [1.807, 2.05) is 6.92 Å². The third-order valence-electron chi connectivity index (χ3n) is 1.91. The monoisotopic (exact) mass is 198 g/mol. The fraction of sp³-hybridized carbons (Fsp3) is 0.556. The lowest BCUT2D eigenvalue weighted by Crippen LogP contribution is -2.27. The predicted octanol–water partition coefficient (Wildman–Crippen LogP) is 0.705. The van der Waals surface area contributed by atoms with Gasteiger partial charge in [-0.25, -0.2) is 0 Å². The summed E-state index contributed by atoms with van der Waals surface area (Å²) in [5.41, 5.74) is 0.501. The Labute approximate surface area is 82.6 Å². The molecule has 5 heteroatoms. The Bertz CT molecular complexity index is 305. The normalized spacial score (nSPS) is 10.9. The summed E-state index contributed by atoms with van der Waals surface area (Å²) in [6.07, 6.45) is 0.732. The molecule has 14 heavy (non-hydrogen) atoms. The van der Waals surface area contributed by atoms with Crippen molar-refractivity contribution in [3.8, 4) is 0 Å². The first kappa shape index (κ1) is 10.9. The summed E-state index contributed by atoms with van der Waals surface area (Å²) in [6.45, 7) is 2.56. The second-order valence-electron chi connectivity index (χ2n) is 2.70. The van der Waals surface area contributed by atoms with Crippen molar-refractivity contribution in [1.29, 1.82) is 0 Å². The number of aromatic nitrogens is 2. The molecule has 5 nitrogen and oxygen atoms in total. The van der Waals surface area contributed by atoms with Gasteiger partial charge in [0.05, 0.1) is 0 Å². The largest absolute Gasteiger partial charge is 0.349 e. The van der Waals surface area contributed by atoms with Gasteiger partial charge in [0.1, 0.15) is 5.69 Å². The highest BCUT2D eigenvalue weighted by atomic mass is 16.7. The van der Waals surface area contributed by atoms with E-state index in [2.05, 4.69) is 5.10 Å². The molecule has 0 bridgehead atoms. The highest BCUT2D eigenvalue weighted by molar-refractivity contribution is 5.97. The minimum absolute atomic E-state index is 0.214. The van der Waals surface area contributed by atoms with E-state index in [0.29, 0.717) is 12.2 Å². The zero-order valence-corrected chi connectivity index (χ0v) is 8.56. The molecule has 0 unspecified atom stereocenters. The topological polar surface area (TPSA) is 53.4 Å². The number of hydrogen-bond donors (Lipinski definition) is 0. The zero-order valence-electron chi connectivity index (χ0n) is 8.56. The molecule has 1 aromatic rings. The number of Topliss-reactive ketones (excluding diaryl/α,β-unsaturated/α-hetero) is 1. The Morgan fingerprint density at radius 3 is 2.71 bits per heavy atom. The van der Waals surface area contributed by atoms with Gasteiger partial charge in [0.15, 0.2) is 0 Å². The smallest absolute Gasteiger partial charge is 0.236 e. The summed E-state index contributed by atoms with van der Waals surface area (Å²) in [6, 6.07) is 1.65. The first-order valence-corrected chi connectivity index (χ1v) is 4.36. The lowest BCUT2D eigenvalue weighted by molar-refractivity contribution is -0.0746. The molecule has 0 saturated heterocycles. The van der Waals surface area contributed by atoms with E-state index < -0.39 is 6.29 Å². The van der Waals surface area contributed by atoms with Crippen LogP contribution in [0.2, 0.25) is 0 Å². The standard InChI is InChI=1S/C9H14N2O3/c1-4-11-7(5-6-10-11)8(12)9(13-2)14-3/h5-6,9H,4H2,1-3H3. The molecule has 0 aliphatic rings. The van der Waals surface area contributed by atoms with Crippen molar-refractivity contribution < 1.29 is 14.3 Å². The Morgan fingerprint density at radius 2 is 2.21 bits per heavy atom. The van der Waals surface area contributed by atoms with E-state index >= 15 is 0 Å². The first-order chi connectivity index (χ1) is 6.74. The number of methoxy groups -OCH3 is 2. The lowest BCUT2D eigenvalue weighted by atomic mass is 10.2. The molecule has 0 fully saturated rings. The Kier molecular flexibility index (Phi) is 3.79. The maximum atomic E-state index is 11.7. The maximum Gasteiger partial charge on any atom is 0.236 e. The molecule has 78 valence electrons. The second kappa shape index (κ2) is 4.88. The molecular weight excluding hydrogens is 184 g/mol. The van der Waals surface area contributed by atoms with Crippen molar-refractivity contribution in [2.45, 2.75) is 19.8 Å². The molecule has 1 rings (SSSR count). The molecule has 0 aliphatic carbocycles. The Morgan fingerprint density at radius 1 is 1.57 bits per heavy atom. The average molecular weight is 198 g/mol. The van der Waals surface area contributed by atoms with Gasteiger partial charge in [-0.1, -0.05) is 0 Å². The number of rotatable bonds is 5. The highest BCUT2D eigenvalue weighted by Gasteiger charge is 2.21. The summed E-state index contributed by atoms with van der Waals surface area (Å²) < 4.78 is 11.3. The van der Waals surface area contributed by atoms with Crippen LogP contribution >= 0.6 is 0 Å². The van der Waals surface area contributed by atoms with E-state index in [0.717, 1.165) is 0 Å². The van der Waals surface area contributed by atoms with Crippen molar-refractivity contribution >= 4 is 5.78 Å². The van der Waals surface area contributed by atoms with Gasteiger partial charge in [0.2, 0.25) is 12.1 Å². The third kappa shape index (κ3) is 2.00. The lowest BCUT2D eigenvalue weighted by Gasteiger charge is -2.12. The van der Waals surface area contributed by atoms with Gasteiger partial charge in [-0.2, -0.15) is 5.10 Å². The summed E-state index contributed by atoms with van der Waals surface area (Å²) in [5, 5.41) is 3.99. The fourth-order valence-electron chi connectivity index (χ4n) is 1.23. The number of aryl methyl sites for hydroxylation is 1. The number of carbonyl (C=O) groups excluding carboxylic acids is 1. The minimum Gasteiger partial charge on any atom is -0.349 e. The van der Waals surface area contributed by atoms with Crippen molar-refractivity contribution in [3.05, 3.63) is 18.0 Å². The van der Waals surface area contributed by atoms with E-state index in [1.165, 1.54) is 14.2 Å². The van der Waals surface area contributed by atoms with Gasteiger partial charge in [0, 0.05) is 27.0 Å². The number of ether oxygens (including phenoxy) is 2. The van der Waals surface area contributed by atoms with Gasteiger partial charge >= 0.3 is 0 Å². The third-order valence-corrected chi connectivity index (χ3v) is 1.91. The van der Waals surface area contributed by atoms with Crippen molar-refractivity contribution in [2.75, 3.05) is 14.2 Å². The molecule has 0 aromatic carbocycles. The minimum atomic E-state index is -0.850. The molecule has 0 radical (unpaired) electrons. The number of nitrogens with zero attached hydrogens (tertiary/aromatic N) is 2. The van der Waals surface area contributed by atoms with Gasteiger partial charge in [-0.05, 0) is 13.0 Å². The van der Waals surface area contributed by atoms with Crippen LogP contribution in [0.4, 0.5) is 0 Å². The van der Waals surface area contributed by atoms with Crippen LogP contribution in [0, 0.1) is 0 Å². The molecule has 0 atom stereocenters.